The zero-order chi connectivity index (χ0) is 31.6. The van der Waals surface area contributed by atoms with Crippen molar-refractivity contribution in [1.29, 1.82) is 0 Å². The maximum absolute atomic E-state index is 12.9. The molecule has 4 rings (SSSR count). The zero-order valence-electron chi connectivity index (χ0n) is 25.9. The van der Waals surface area contributed by atoms with Crippen LogP contribution in [0.1, 0.15) is 63.1 Å². The van der Waals surface area contributed by atoms with Gasteiger partial charge in [-0.15, -0.1) is 0 Å². The Morgan fingerprint density at radius 2 is 1.93 bits per heavy atom. The first kappa shape index (κ1) is 33.8. The highest BCUT2D eigenvalue weighted by Crippen LogP contribution is 2.51. The van der Waals surface area contributed by atoms with E-state index in [9.17, 15) is 9.90 Å². The van der Waals surface area contributed by atoms with Crippen LogP contribution in [0.2, 0.25) is 0 Å². The van der Waals surface area contributed by atoms with Crippen LogP contribution >= 0.6 is 8.53 Å². The van der Waals surface area contributed by atoms with E-state index in [0.29, 0.717) is 29.8 Å². The first-order chi connectivity index (χ1) is 21.3. The van der Waals surface area contributed by atoms with Gasteiger partial charge >= 0.3 is 8.53 Å². The van der Waals surface area contributed by atoms with Crippen molar-refractivity contribution in [2.45, 2.75) is 77.5 Å². The molecule has 3 aromatic rings. The molecule has 2 aromatic heterocycles. The van der Waals surface area contributed by atoms with E-state index >= 15 is 0 Å². The minimum atomic E-state index is -1.71. The first-order valence-electron chi connectivity index (χ1n) is 14.7. The number of hydrogen-bond donors (Lipinski definition) is 2. The maximum atomic E-state index is 12.9. The number of fused-ring (bicyclic) bond motifs is 1. The Morgan fingerprint density at radius 1 is 1.18 bits per heavy atom. The van der Waals surface area contributed by atoms with Crippen LogP contribution in [0.5, 0.6) is 0 Å². The molecule has 3 heterocycles. The molecule has 0 aliphatic carbocycles. The number of ether oxygens (including phenoxy) is 3. The van der Waals surface area contributed by atoms with Crippen LogP contribution in [0, 0.1) is 0 Å². The smallest absolute Gasteiger partial charge is 0.347 e. The second-order valence-electron chi connectivity index (χ2n) is 10.6. The van der Waals surface area contributed by atoms with Crippen molar-refractivity contribution < 1.29 is 33.3 Å². The third kappa shape index (κ3) is 7.94. The summed E-state index contributed by atoms with van der Waals surface area (Å²) in [6.07, 6.45) is 2.39. The molecule has 15 heteroatoms. The van der Waals surface area contributed by atoms with Crippen LogP contribution in [-0.2, 0) is 23.4 Å². The number of benzene rings is 1. The minimum Gasteiger partial charge on any atom is -0.394 e. The number of amides is 1. The van der Waals surface area contributed by atoms with Gasteiger partial charge in [-0.3, -0.25) is 10.1 Å². The first-order valence-corrected chi connectivity index (χ1v) is 15.8. The van der Waals surface area contributed by atoms with Gasteiger partial charge in [-0.25, -0.2) is 14.6 Å². The zero-order valence-corrected chi connectivity index (χ0v) is 26.8. The lowest BCUT2D eigenvalue weighted by molar-refractivity contribution is -0.0504. The fourth-order valence-electron chi connectivity index (χ4n) is 4.92. The summed E-state index contributed by atoms with van der Waals surface area (Å²) in [7, 11) is -0.123. The Bertz CT molecular complexity index is 1350. The number of methoxy groups -OCH3 is 1. The second kappa shape index (κ2) is 16.3. The molecule has 1 aliphatic rings. The topological polar surface area (TPSA) is 154 Å². The SMILES string of the molecule is CC/C=N/OP(OC1C(CO)OC(c2cnn3c(NC(=O)c4ccccc4)ncnc23)C1OCCOC)N(C(C)C)C(C)C. The quantitative estimate of drug-likeness (QED) is 0.102. The third-order valence-corrected chi connectivity index (χ3v) is 8.78. The summed E-state index contributed by atoms with van der Waals surface area (Å²) < 4.78 is 34.0. The molecule has 44 heavy (non-hydrogen) atoms. The van der Waals surface area contributed by atoms with E-state index in [1.165, 1.54) is 10.8 Å². The number of nitrogens with one attached hydrogen (secondary N) is 1. The average molecular weight is 632 g/mol. The van der Waals surface area contributed by atoms with Gasteiger partial charge in [0.05, 0.1) is 26.0 Å². The standard InChI is InChI=1S/C29H42N7O7P/c1-7-13-33-43-44(36(19(2)3)20(4)5)42-25-23(17-37)41-24(26(25)40-15-14-39-6)22-16-32-35-27(22)30-18-31-29(35)34-28(38)21-11-9-8-10-12-21/h8-13,16,18-20,23-26,37H,7,14-15,17H2,1-6H3,(H,30,31,34,38)/b33-13+. The summed E-state index contributed by atoms with van der Waals surface area (Å²) >= 11 is 0. The highest BCUT2D eigenvalue weighted by Gasteiger charge is 2.50. The van der Waals surface area contributed by atoms with Crippen molar-refractivity contribution in [3.8, 4) is 0 Å². The van der Waals surface area contributed by atoms with Gasteiger partial charge in [0.1, 0.15) is 30.7 Å². The number of aliphatic hydroxyl groups is 1. The number of carbonyl (C=O) groups excluding carboxylic acids is 1. The largest absolute Gasteiger partial charge is 0.394 e. The molecule has 1 saturated heterocycles. The molecule has 14 nitrogen and oxygen atoms in total. The summed E-state index contributed by atoms with van der Waals surface area (Å²) in [6.45, 7) is 10.4. The number of hydrogen-bond acceptors (Lipinski definition) is 12. The van der Waals surface area contributed by atoms with Crippen molar-refractivity contribution in [1.82, 2.24) is 24.3 Å². The molecule has 240 valence electrons. The van der Waals surface area contributed by atoms with Crippen LogP contribution in [-0.4, -0.2) is 98.8 Å². The summed E-state index contributed by atoms with van der Waals surface area (Å²) in [4.78, 5) is 21.5. The summed E-state index contributed by atoms with van der Waals surface area (Å²) in [6, 6.07) is 8.97. The maximum Gasteiger partial charge on any atom is 0.347 e. The molecular formula is C29H42N7O7P. The Hall–Kier alpha value is -3.10. The van der Waals surface area contributed by atoms with Crippen molar-refractivity contribution in [3.63, 3.8) is 0 Å². The Balaban J connectivity index is 1.68. The van der Waals surface area contributed by atoms with Gasteiger partial charge in [-0.05, 0) is 46.2 Å². The molecule has 1 fully saturated rings. The average Bonchev–Trinajstić information content (AvgIpc) is 3.59. The number of carbonyl (C=O) groups is 1. The van der Waals surface area contributed by atoms with Crippen LogP contribution in [0.25, 0.3) is 5.65 Å². The van der Waals surface area contributed by atoms with Crippen LogP contribution in [0.4, 0.5) is 5.95 Å². The van der Waals surface area contributed by atoms with Crippen molar-refractivity contribution in [2.24, 2.45) is 5.16 Å². The van der Waals surface area contributed by atoms with Gasteiger partial charge in [0.25, 0.3) is 5.91 Å². The monoisotopic (exact) mass is 631 g/mol. The van der Waals surface area contributed by atoms with Crippen LogP contribution in [0.3, 0.4) is 0 Å². The number of anilines is 1. The fourth-order valence-corrected chi connectivity index (χ4v) is 6.52. The molecule has 2 N–H and O–H groups in total. The molecule has 1 aromatic carbocycles. The van der Waals surface area contributed by atoms with Gasteiger partial charge in [0.15, 0.2) is 5.65 Å². The van der Waals surface area contributed by atoms with Gasteiger partial charge in [0, 0.05) is 36.5 Å². The minimum absolute atomic E-state index is 0.0809. The molecule has 5 unspecified atom stereocenters. The Morgan fingerprint density at radius 3 is 2.59 bits per heavy atom. The van der Waals surface area contributed by atoms with E-state index in [1.807, 2.05) is 13.0 Å². The Kier molecular flexibility index (Phi) is 12.5. The lowest BCUT2D eigenvalue weighted by Gasteiger charge is -2.36. The van der Waals surface area contributed by atoms with E-state index < -0.39 is 32.9 Å². The summed E-state index contributed by atoms with van der Waals surface area (Å²) in [5.74, 6) is -0.153. The van der Waals surface area contributed by atoms with E-state index in [4.69, 9.17) is 23.4 Å². The Labute approximate surface area is 258 Å². The number of aliphatic hydroxyl groups excluding tert-OH is 1. The predicted octanol–water partition coefficient (Wildman–Crippen LogP) is 3.98. The van der Waals surface area contributed by atoms with Crippen molar-refractivity contribution >= 4 is 32.2 Å². The van der Waals surface area contributed by atoms with Gasteiger partial charge in [-0.1, -0.05) is 30.3 Å². The van der Waals surface area contributed by atoms with Gasteiger partial charge in [-0.2, -0.15) is 9.61 Å². The number of nitrogens with zero attached hydrogens (tertiary/aromatic N) is 6. The van der Waals surface area contributed by atoms with E-state index in [2.05, 4.69) is 57.9 Å². The normalized spacial score (nSPS) is 21.2. The summed E-state index contributed by atoms with van der Waals surface area (Å²) in [5, 5.41) is 21.8. The number of aromatic nitrogens is 4. The summed E-state index contributed by atoms with van der Waals surface area (Å²) in [5.41, 5.74) is 1.46. The molecular weight excluding hydrogens is 589 g/mol. The number of oxime groups is 1. The molecule has 0 spiro atoms. The van der Waals surface area contributed by atoms with Crippen LogP contribution < -0.4 is 5.32 Å². The van der Waals surface area contributed by atoms with E-state index in [0.717, 1.165) is 0 Å². The van der Waals surface area contributed by atoms with E-state index in [-0.39, 0.29) is 37.2 Å². The fraction of sp³-hybridized carbons (Fsp3) is 0.552. The highest BCUT2D eigenvalue weighted by molar-refractivity contribution is 7.44. The molecule has 0 saturated carbocycles. The molecule has 0 bridgehead atoms. The molecule has 1 amide bonds. The number of rotatable bonds is 16. The third-order valence-electron chi connectivity index (χ3n) is 6.82. The lowest BCUT2D eigenvalue weighted by Crippen LogP contribution is -2.40. The van der Waals surface area contributed by atoms with Crippen molar-refractivity contribution in [3.05, 3.63) is 54.0 Å². The van der Waals surface area contributed by atoms with E-state index in [1.54, 1.807) is 43.8 Å². The van der Waals surface area contributed by atoms with Gasteiger partial charge < -0.3 is 28.5 Å². The molecule has 5 atom stereocenters. The lowest BCUT2D eigenvalue weighted by atomic mass is 10.0. The van der Waals surface area contributed by atoms with Crippen molar-refractivity contribution in [2.75, 3.05) is 32.2 Å². The second-order valence-corrected chi connectivity index (χ2v) is 11.9. The van der Waals surface area contributed by atoms with Crippen LogP contribution in [0.15, 0.2) is 48.0 Å². The molecule has 1 aliphatic heterocycles. The van der Waals surface area contributed by atoms with Gasteiger partial charge in [0.2, 0.25) is 5.95 Å². The highest BCUT2D eigenvalue weighted by atomic mass is 31.2. The predicted molar refractivity (Wildman–Crippen MR) is 165 cm³/mol. The molecule has 0 radical (unpaired) electrons.